The Labute approximate surface area is 175 Å². The van der Waals surface area contributed by atoms with Crippen LogP contribution in [-0.4, -0.2) is 55.0 Å². The van der Waals surface area contributed by atoms with Gasteiger partial charge in [-0.25, -0.2) is 4.99 Å². The number of carbonyl (C=O) groups excluding carboxylic acids is 1. The van der Waals surface area contributed by atoms with E-state index in [9.17, 15) is 4.79 Å². The minimum atomic E-state index is 0.0599. The molecule has 6 heteroatoms. The van der Waals surface area contributed by atoms with Crippen molar-refractivity contribution in [2.24, 2.45) is 4.99 Å². The predicted molar refractivity (Wildman–Crippen MR) is 119 cm³/mol. The number of aliphatic imine (C=N–C) groups is 1. The first-order valence-electron chi connectivity index (χ1n) is 11.2. The summed E-state index contributed by atoms with van der Waals surface area (Å²) in [6, 6.07) is 10.9. The largest absolute Gasteiger partial charge is 0.357 e. The first-order valence-corrected chi connectivity index (χ1v) is 11.2. The van der Waals surface area contributed by atoms with E-state index < -0.39 is 0 Å². The molecule has 1 aliphatic carbocycles. The number of nitrogens with zero attached hydrogens (tertiary/aromatic N) is 2. The van der Waals surface area contributed by atoms with Crippen LogP contribution in [-0.2, 0) is 4.79 Å². The third-order valence-corrected chi connectivity index (χ3v) is 6.15. The van der Waals surface area contributed by atoms with Crippen molar-refractivity contribution >= 4 is 11.9 Å². The van der Waals surface area contributed by atoms with Crippen LogP contribution < -0.4 is 16.0 Å². The molecule has 1 atom stereocenters. The van der Waals surface area contributed by atoms with Crippen LogP contribution in [0.3, 0.4) is 0 Å². The van der Waals surface area contributed by atoms with Crippen LogP contribution in [0, 0.1) is 0 Å². The van der Waals surface area contributed by atoms with E-state index in [4.69, 9.17) is 0 Å². The molecule has 3 rings (SSSR count). The summed E-state index contributed by atoms with van der Waals surface area (Å²) >= 11 is 0. The summed E-state index contributed by atoms with van der Waals surface area (Å²) in [5, 5.41) is 10.7. The molecule has 0 spiro atoms. The van der Waals surface area contributed by atoms with Gasteiger partial charge in [0.2, 0.25) is 5.91 Å². The van der Waals surface area contributed by atoms with Gasteiger partial charge in [0.05, 0.1) is 0 Å². The van der Waals surface area contributed by atoms with E-state index >= 15 is 0 Å². The average molecular weight is 400 g/mol. The molecule has 1 heterocycles. The molecule has 1 aliphatic heterocycles. The number of benzene rings is 1. The van der Waals surface area contributed by atoms with E-state index in [1.807, 2.05) is 4.90 Å². The van der Waals surface area contributed by atoms with Crippen LogP contribution >= 0.6 is 0 Å². The fourth-order valence-electron chi connectivity index (χ4n) is 4.52. The number of carbonyl (C=O) groups is 1. The maximum Gasteiger partial charge on any atom is 0.244 e. The monoisotopic (exact) mass is 399 g/mol. The van der Waals surface area contributed by atoms with Gasteiger partial charge < -0.3 is 20.9 Å². The molecule has 0 bridgehead atoms. The highest BCUT2D eigenvalue weighted by molar-refractivity contribution is 5.85. The Morgan fingerprint density at radius 1 is 1.10 bits per heavy atom. The SMILES string of the molecule is CCNC(=NCC(=O)N1CCCC1)NCC1(NC(C)c2ccccc2)CCCC1. The van der Waals surface area contributed by atoms with E-state index in [0.29, 0.717) is 6.04 Å². The number of amides is 1. The van der Waals surface area contributed by atoms with Gasteiger partial charge >= 0.3 is 0 Å². The number of guanidine groups is 1. The van der Waals surface area contributed by atoms with Crippen molar-refractivity contribution < 1.29 is 4.79 Å². The summed E-state index contributed by atoms with van der Waals surface area (Å²) < 4.78 is 0. The van der Waals surface area contributed by atoms with Crippen molar-refractivity contribution in [3.05, 3.63) is 35.9 Å². The molecule has 29 heavy (non-hydrogen) atoms. The Bertz CT molecular complexity index is 663. The van der Waals surface area contributed by atoms with Gasteiger partial charge in [-0.3, -0.25) is 4.79 Å². The molecule has 1 unspecified atom stereocenters. The lowest BCUT2D eigenvalue weighted by molar-refractivity contribution is -0.128. The van der Waals surface area contributed by atoms with Crippen molar-refractivity contribution in [1.82, 2.24) is 20.9 Å². The Morgan fingerprint density at radius 2 is 1.79 bits per heavy atom. The summed E-state index contributed by atoms with van der Waals surface area (Å²) in [4.78, 5) is 18.8. The molecule has 1 saturated carbocycles. The van der Waals surface area contributed by atoms with Gasteiger partial charge in [-0.05, 0) is 45.1 Å². The van der Waals surface area contributed by atoms with E-state index in [1.165, 1.54) is 18.4 Å². The van der Waals surface area contributed by atoms with Gasteiger partial charge in [0.1, 0.15) is 6.54 Å². The second-order valence-electron chi connectivity index (χ2n) is 8.40. The van der Waals surface area contributed by atoms with Gasteiger partial charge in [-0.1, -0.05) is 43.2 Å². The molecule has 3 N–H and O–H groups in total. The summed E-state index contributed by atoms with van der Waals surface area (Å²) in [6.45, 7) is 7.87. The fourth-order valence-corrected chi connectivity index (χ4v) is 4.52. The van der Waals surface area contributed by atoms with Crippen LogP contribution in [0.4, 0.5) is 0 Å². The number of hydrogen-bond acceptors (Lipinski definition) is 3. The lowest BCUT2D eigenvalue weighted by Gasteiger charge is -2.35. The van der Waals surface area contributed by atoms with Gasteiger partial charge in [0, 0.05) is 37.8 Å². The third kappa shape index (κ3) is 6.20. The maximum absolute atomic E-state index is 12.3. The third-order valence-electron chi connectivity index (χ3n) is 6.15. The Morgan fingerprint density at radius 3 is 2.45 bits per heavy atom. The Balaban J connectivity index is 1.59. The van der Waals surface area contributed by atoms with Gasteiger partial charge in [-0.15, -0.1) is 0 Å². The molecule has 0 radical (unpaired) electrons. The fraction of sp³-hybridized carbons (Fsp3) is 0.652. The molecule has 160 valence electrons. The summed E-state index contributed by atoms with van der Waals surface area (Å²) in [5.74, 6) is 0.867. The van der Waals surface area contributed by atoms with Crippen LogP contribution in [0.5, 0.6) is 0 Å². The molecule has 2 fully saturated rings. The number of likely N-dealkylation sites (tertiary alicyclic amines) is 1. The minimum Gasteiger partial charge on any atom is -0.357 e. The lowest BCUT2D eigenvalue weighted by Crippen LogP contribution is -2.54. The highest BCUT2D eigenvalue weighted by Gasteiger charge is 2.35. The Kier molecular flexibility index (Phi) is 7.92. The van der Waals surface area contributed by atoms with Crippen LogP contribution in [0.1, 0.15) is 64.0 Å². The predicted octanol–water partition coefficient (Wildman–Crippen LogP) is 2.83. The van der Waals surface area contributed by atoms with Crippen molar-refractivity contribution in [3.8, 4) is 0 Å². The summed E-state index contributed by atoms with van der Waals surface area (Å²) in [5.41, 5.74) is 1.38. The number of hydrogen-bond donors (Lipinski definition) is 3. The van der Waals surface area contributed by atoms with E-state index in [2.05, 4.69) is 65.1 Å². The van der Waals surface area contributed by atoms with Crippen LogP contribution in [0.15, 0.2) is 35.3 Å². The van der Waals surface area contributed by atoms with Crippen molar-refractivity contribution in [1.29, 1.82) is 0 Å². The first-order chi connectivity index (χ1) is 14.1. The Hall–Kier alpha value is -2.08. The zero-order valence-corrected chi connectivity index (χ0v) is 18.0. The standard InChI is InChI=1S/C23H37N5O/c1-3-24-22(25-17-21(29)28-15-9-10-16-28)26-18-23(13-7-8-14-23)27-19(2)20-11-5-4-6-12-20/h4-6,11-12,19,27H,3,7-10,13-18H2,1-2H3,(H2,24,25,26). The van der Waals surface area contributed by atoms with Crippen molar-refractivity contribution in [2.75, 3.05) is 32.7 Å². The van der Waals surface area contributed by atoms with E-state index in [1.54, 1.807) is 0 Å². The zero-order valence-electron chi connectivity index (χ0n) is 18.0. The normalized spacial score (nSPS) is 19.9. The lowest BCUT2D eigenvalue weighted by atomic mass is 9.94. The molecule has 1 aromatic rings. The minimum absolute atomic E-state index is 0.0599. The highest BCUT2D eigenvalue weighted by Crippen LogP contribution is 2.31. The number of rotatable bonds is 8. The average Bonchev–Trinajstić information content (AvgIpc) is 3.43. The second-order valence-corrected chi connectivity index (χ2v) is 8.40. The zero-order chi connectivity index (χ0) is 20.5. The smallest absolute Gasteiger partial charge is 0.244 e. The van der Waals surface area contributed by atoms with Crippen molar-refractivity contribution in [2.45, 2.75) is 64.0 Å². The molecule has 1 amide bonds. The first kappa shape index (κ1) is 21.6. The van der Waals surface area contributed by atoms with Gasteiger partial charge in [-0.2, -0.15) is 0 Å². The second kappa shape index (κ2) is 10.6. The molecule has 0 aromatic heterocycles. The highest BCUT2D eigenvalue weighted by atomic mass is 16.2. The van der Waals surface area contributed by atoms with Crippen molar-refractivity contribution in [3.63, 3.8) is 0 Å². The molecule has 2 aliphatic rings. The van der Waals surface area contributed by atoms with Crippen LogP contribution in [0.25, 0.3) is 0 Å². The quantitative estimate of drug-likeness (QED) is 0.464. The molecule has 6 nitrogen and oxygen atoms in total. The topological polar surface area (TPSA) is 68.8 Å². The van der Waals surface area contributed by atoms with Gasteiger partial charge in [0.15, 0.2) is 5.96 Å². The van der Waals surface area contributed by atoms with Gasteiger partial charge in [0.25, 0.3) is 0 Å². The van der Waals surface area contributed by atoms with E-state index in [0.717, 1.165) is 57.8 Å². The molecule has 1 aromatic carbocycles. The summed E-state index contributed by atoms with van der Waals surface area (Å²) in [6.07, 6.45) is 7.03. The molecular weight excluding hydrogens is 362 g/mol. The van der Waals surface area contributed by atoms with Crippen LogP contribution in [0.2, 0.25) is 0 Å². The maximum atomic E-state index is 12.3. The molecule has 1 saturated heterocycles. The molecular formula is C23H37N5O. The van der Waals surface area contributed by atoms with E-state index in [-0.39, 0.29) is 18.0 Å². The summed E-state index contributed by atoms with van der Waals surface area (Å²) in [7, 11) is 0. The number of nitrogens with one attached hydrogen (secondary N) is 3.